The van der Waals surface area contributed by atoms with Crippen LogP contribution in [0.2, 0.25) is 10.0 Å². The predicted octanol–water partition coefficient (Wildman–Crippen LogP) is 5.17. The number of aromatic nitrogens is 2. The van der Waals surface area contributed by atoms with Crippen molar-refractivity contribution < 1.29 is 13.9 Å². The maximum absolute atomic E-state index is 12.1. The van der Waals surface area contributed by atoms with Gasteiger partial charge >= 0.3 is 0 Å². The van der Waals surface area contributed by atoms with Crippen LogP contribution in [0.1, 0.15) is 6.92 Å². The number of carbonyl (C=O) groups is 1. The molecule has 0 atom stereocenters. The predicted molar refractivity (Wildman–Crippen MR) is 107 cm³/mol. The molecule has 1 aromatic heterocycles. The number of nitrogens with one attached hydrogen (secondary N) is 1. The molecule has 0 fully saturated rings. The van der Waals surface area contributed by atoms with Crippen LogP contribution < -0.4 is 10.1 Å². The van der Waals surface area contributed by atoms with Crippen molar-refractivity contribution in [3.05, 3.63) is 52.5 Å². The van der Waals surface area contributed by atoms with E-state index >= 15 is 0 Å². The van der Waals surface area contributed by atoms with Gasteiger partial charge in [0.1, 0.15) is 5.75 Å². The Balaban J connectivity index is 1.62. The van der Waals surface area contributed by atoms with E-state index in [4.69, 9.17) is 32.4 Å². The molecule has 3 aromatic rings. The standard InChI is InChI=1S/C18H15Cl2N3O3S/c1-2-25-15-6-4-3-5-12(15)17-22-23-18(26-17)27-10-16(24)21-14-8-7-11(19)9-13(14)20/h3-9H,2,10H2,1H3,(H,21,24). The first-order valence-electron chi connectivity index (χ1n) is 8.00. The molecule has 9 heteroatoms. The first-order chi connectivity index (χ1) is 13.1. The fraction of sp³-hybridized carbons (Fsp3) is 0.167. The quantitative estimate of drug-likeness (QED) is 0.527. The van der Waals surface area contributed by atoms with Crippen molar-refractivity contribution in [2.75, 3.05) is 17.7 Å². The lowest BCUT2D eigenvalue weighted by Gasteiger charge is -2.06. The first-order valence-corrected chi connectivity index (χ1v) is 9.74. The molecule has 0 spiro atoms. The van der Waals surface area contributed by atoms with Gasteiger partial charge in [0.25, 0.3) is 11.1 Å². The molecule has 2 aromatic carbocycles. The molecule has 1 amide bonds. The summed E-state index contributed by atoms with van der Waals surface area (Å²) in [6.45, 7) is 2.43. The van der Waals surface area contributed by atoms with Crippen molar-refractivity contribution in [3.8, 4) is 17.2 Å². The second-order valence-electron chi connectivity index (χ2n) is 5.26. The van der Waals surface area contributed by atoms with Gasteiger partial charge in [-0.2, -0.15) is 0 Å². The number of benzene rings is 2. The molecule has 0 aliphatic heterocycles. The summed E-state index contributed by atoms with van der Waals surface area (Å²) in [5.41, 5.74) is 1.19. The monoisotopic (exact) mass is 423 g/mol. The Morgan fingerprint density at radius 3 is 2.81 bits per heavy atom. The maximum atomic E-state index is 12.1. The summed E-state index contributed by atoms with van der Waals surface area (Å²) >= 11 is 13.0. The summed E-state index contributed by atoms with van der Waals surface area (Å²) in [6.07, 6.45) is 0. The van der Waals surface area contributed by atoms with E-state index in [9.17, 15) is 4.79 Å². The summed E-state index contributed by atoms with van der Waals surface area (Å²) < 4.78 is 11.2. The minimum Gasteiger partial charge on any atom is -0.493 e. The molecule has 0 unspecified atom stereocenters. The lowest BCUT2D eigenvalue weighted by Crippen LogP contribution is -2.14. The fourth-order valence-corrected chi connectivity index (χ4v) is 3.22. The number of thioether (sulfide) groups is 1. The third kappa shape index (κ3) is 5.15. The van der Waals surface area contributed by atoms with Gasteiger partial charge in [-0.25, -0.2) is 0 Å². The van der Waals surface area contributed by atoms with Gasteiger partial charge in [-0.15, -0.1) is 10.2 Å². The summed E-state index contributed by atoms with van der Waals surface area (Å²) in [5.74, 6) is 0.838. The highest BCUT2D eigenvalue weighted by molar-refractivity contribution is 7.99. The van der Waals surface area contributed by atoms with E-state index in [0.717, 1.165) is 11.8 Å². The molecule has 0 bridgehead atoms. The van der Waals surface area contributed by atoms with E-state index in [-0.39, 0.29) is 16.9 Å². The van der Waals surface area contributed by atoms with Gasteiger partial charge < -0.3 is 14.5 Å². The molecule has 6 nitrogen and oxygen atoms in total. The molecule has 1 heterocycles. The lowest BCUT2D eigenvalue weighted by molar-refractivity contribution is -0.113. The van der Waals surface area contributed by atoms with E-state index in [2.05, 4.69) is 15.5 Å². The van der Waals surface area contributed by atoms with Crippen LogP contribution in [0.25, 0.3) is 11.5 Å². The van der Waals surface area contributed by atoms with Crippen LogP contribution in [0.5, 0.6) is 5.75 Å². The molecule has 1 N–H and O–H groups in total. The number of anilines is 1. The second-order valence-corrected chi connectivity index (χ2v) is 7.03. The van der Waals surface area contributed by atoms with E-state index < -0.39 is 0 Å². The normalized spacial score (nSPS) is 10.6. The first kappa shape index (κ1) is 19.5. The Labute approximate surface area is 170 Å². The van der Waals surface area contributed by atoms with Gasteiger partial charge in [-0.3, -0.25) is 4.79 Å². The summed E-state index contributed by atoms with van der Waals surface area (Å²) in [7, 11) is 0. The topological polar surface area (TPSA) is 77.2 Å². The van der Waals surface area contributed by atoms with Crippen molar-refractivity contribution in [1.29, 1.82) is 0 Å². The molecular weight excluding hydrogens is 409 g/mol. The molecule has 27 heavy (non-hydrogen) atoms. The third-order valence-electron chi connectivity index (χ3n) is 3.36. The molecule has 3 rings (SSSR count). The zero-order valence-corrected chi connectivity index (χ0v) is 16.6. The van der Waals surface area contributed by atoms with Crippen molar-refractivity contribution in [2.45, 2.75) is 12.1 Å². The number of amides is 1. The van der Waals surface area contributed by atoms with Gasteiger partial charge in [0.15, 0.2) is 0 Å². The number of rotatable bonds is 7. The molecule has 0 saturated carbocycles. The van der Waals surface area contributed by atoms with Gasteiger partial charge in [0, 0.05) is 5.02 Å². The van der Waals surface area contributed by atoms with Gasteiger partial charge in [-0.1, -0.05) is 47.1 Å². The van der Waals surface area contributed by atoms with Crippen molar-refractivity contribution >= 4 is 46.6 Å². The van der Waals surface area contributed by atoms with Crippen LogP contribution >= 0.6 is 35.0 Å². The average Bonchev–Trinajstić information content (AvgIpc) is 3.12. The summed E-state index contributed by atoms with van der Waals surface area (Å²) in [4.78, 5) is 12.1. The van der Waals surface area contributed by atoms with Crippen molar-refractivity contribution in [2.24, 2.45) is 0 Å². The number of nitrogens with zero attached hydrogens (tertiary/aromatic N) is 2. The summed E-state index contributed by atoms with van der Waals surface area (Å²) in [5, 5.41) is 11.9. The zero-order valence-electron chi connectivity index (χ0n) is 14.2. The smallest absolute Gasteiger partial charge is 0.277 e. The molecule has 140 valence electrons. The Morgan fingerprint density at radius 2 is 2.04 bits per heavy atom. The average molecular weight is 424 g/mol. The van der Waals surface area contributed by atoms with Crippen LogP contribution in [-0.2, 0) is 4.79 Å². The van der Waals surface area contributed by atoms with Crippen LogP contribution in [0.3, 0.4) is 0 Å². The van der Waals surface area contributed by atoms with Crippen LogP contribution in [0, 0.1) is 0 Å². The van der Waals surface area contributed by atoms with Gasteiger partial charge in [-0.05, 0) is 37.3 Å². The molecule has 0 aliphatic carbocycles. The fourth-order valence-electron chi connectivity index (χ4n) is 2.21. The Morgan fingerprint density at radius 1 is 1.22 bits per heavy atom. The van der Waals surface area contributed by atoms with Crippen LogP contribution in [0.15, 0.2) is 52.1 Å². The highest BCUT2D eigenvalue weighted by Crippen LogP contribution is 2.31. The molecule has 0 aliphatic rings. The Hall–Kier alpha value is -2.22. The minimum atomic E-state index is -0.251. The molecule has 0 saturated heterocycles. The zero-order chi connectivity index (χ0) is 19.2. The maximum Gasteiger partial charge on any atom is 0.277 e. The lowest BCUT2D eigenvalue weighted by atomic mass is 10.2. The second kappa shape index (κ2) is 9.12. The number of ether oxygens (including phenoxy) is 1. The van der Waals surface area contributed by atoms with Gasteiger partial charge in [0.2, 0.25) is 5.91 Å². The molecule has 0 radical (unpaired) electrons. The summed E-state index contributed by atoms with van der Waals surface area (Å²) in [6, 6.07) is 12.2. The van der Waals surface area contributed by atoms with E-state index in [0.29, 0.717) is 39.5 Å². The number of hydrogen-bond acceptors (Lipinski definition) is 6. The minimum absolute atomic E-state index is 0.0910. The highest BCUT2D eigenvalue weighted by atomic mass is 35.5. The largest absolute Gasteiger partial charge is 0.493 e. The van der Waals surface area contributed by atoms with E-state index in [1.807, 2.05) is 31.2 Å². The Kier molecular flexibility index (Phi) is 6.60. The number of hydrogen-bond donors (Lipinski definition) is 1. The number of carbonyl (C=O) groups excluding carboxylic acids is 1. The van der Waals surface area contributed by atoms with Gasteiger partial charge in [0.05, 0.1) is 28.6 Å². The SMILES string of the molecule is CCOc1ccccc1-c1nnc(SCC(=O)Nc2ccc(Cl)cc2Cl)o1. The van der Waals surface area contributed by atoms with Crippen LogP contribution in [0.4, 0.5) is 5.69 Å². The molecular formula is C18H15Cl2N3O3S. The Bertz CT molecular complexity index is 949. The van der Waals surface area contributed by atoms with Crippen molar-refractivity contribution in [1.82, 2.24) is 10.2 Å². The third-order valence-corrected chi connectivity index (χ3v) is 4.72. The van der Waals surface area contributed by atoms with E-state index in [1.54, 1.807) is 18.2 Å². The number of para-hydroxylation sites is 1. The number of halogens is 2. The van der Waals surface area contributed by atoms with E-state index in [1.165, 1.54) is 0 Å². The van der Waals surface area contributed by atoms with Crippen molar-refractivity contribution in [3.63, 3.8) is 0 Å². The highest BCUT2D eigenvalue weighted by Gasteiger charge is 2.15. The van der Waals surface area contributed by atoms with Crippen LogP contribution in [-0.4, -0.2) is 28.5 Å².